The predicted octanol–water partition coefficient (Wildman–Crippen LogP) is 2.97. The van der Waals surface area contributed by atoms with E-state index in [2.05, 4.69) is 5.32 Å². The molecule has 4 nitrogen and oxygen atoms in total. The fourth-order valence-electron chi connectivity index (χ4n) is 2.63. The Hall–Kier alpha value is -1.62. The van der Waals surface area contributed by atoms with Crippen LogP contribution in [0, 0.1) is 5.82 Å². The molecule has 0 aliphatic carbocycles. The summed E-state index contributed by atoms with van der Waals surface area (Å²) < 4.78 is 18.4. The van der Waals surface area contributed by atoms with Crippen LogP contribution in [0.15, 0.2) is 24.3 Å². The molecule has 122 valence electrons. The first-order valence-corrected chi connectivity index (χ1v) is 8.00. The molecule has 0 bridgehead atoms. The topological polar surface area (TPSA) is 41.6 Å². The summed E-state index contributed by atoms with van der Waals surface area (Å²) in [6.45, 7) is 2.17. The lowest BCUT2D eigenvalue weighted by molar-refractivity contribution is 0.100. The Morgan fingerprint density at radius 2 is 2.18 bits per heavy atom. The minimum atomic E-state index is -0.237. The molecule has 0 aromatic heterocycles. The number of nitrogens with one attached hydrogen (secondary N) is 1. The summed E-state index contributed by atoms with van der Waals surface area (Å²) in [7, 11) is 1.81. The average Bonchev–Trinajstić information content (AvgIpc) is 3.02. The second-order valence-corrected chi connectivity index (χ2v) is 5.81. The minimum Gasteiger partial charge on any atom is -0.378 e. The molecule has 2 amide bonds. The van der Waals surface area contributed by atoms with Gasteiger partial charge in [-0.3, -0.25) is 0 Å². The highest BCUT2D eigenvalue weighted by molar-refractivity contribution is 5.73. The van der Waals surface area contributed by atoms with E-state index in [1.807, 2.05) is 7.05 Å². The van der Waals surface area contributed by atoms with E-state index in [1.165, 1.54) is 12.1 Å². The number of hydrogen-bond donors (Lipinski definition) is 1. The monoisotopic (exact) mass is 308 g/mol. The van der Waals surface area contributed by atoms with Gasteiger partial charge in [0.1, 0.15) is 5.82 Å². The van der Waals surface area contributed by atoms with Crippen LogP contribution in [0.25, 0.3) is 0 Å². The Bertz CT molecular complexity index is 458. The van der Waals surface area contributed by atoms with Gasteiger partial charge in [-0.25, -0.2) is 9.18 Å². The molecule has 1 heterocycles. The van der Waals surface area contributed by atoms with Crippen LogP contribution in [0.2, 0.25) is 0 Å². The lowest BCUT2D eigenvalue weighted by Crippen LogP contribution is -2.38. The third kappa shape index (κ3) is 5.64. The number of carbonyl (C=O) groups excluding carboxylic acids is 1. The third-order valence-corrected chi connectivity index (χ3v) is 3.99. The lowest BCUT2D eigenvalue weighted by Gasteiger charge is -2.19. The van der Waals surface area contributed by atoms with Crippen molar-refractivity contribution in [3.05, 3.63) is 35.6 Å². The molecule has 0 saturated carbocycles. The summed E-state index contributed by atoms with van der Waals surface area (Å²) in [6.07, 6.45) is 5.38. The largest absolute Gasteiger partial charge is 0.378 e. The Kier molecular flexibility index (Phi) is 6.65. The summed E-state index contributed by atoms with van der Waals surface area (Å²) in [4.78, 5) is 13.6. The zero-order chi connectivity index (χ0) is 15.8. The molecular weight excluding hydrogens is 283 g/mol. The first-order valence-electron chi connectivity index (χ1n) is 8.00. The van der Waals surface area contributed by atoms with Crippen molar-refractivity contribution in [2.24, 2.45) is 0 Å². The first-order chi connectivity index (χ1) is 10.6. The Morgan fingerprint density at radius 3 is 2.86 bits per heavy atom. The van der Waals surface area contributed by atoms with Crippen molar-refractivity contribution in [1.82, 2.24) is 10.2 Å². The van der Waals surface area contributed by atoms with Gasteiger partial charge >= 0.3 is 6.03 Å². The molecule has 0 spiro atoms. The van der Waals surface area contributed by atoms with Crippen LogP contribution >= 0.6 is 0 Å². The molecule has 1 aliphatic heterocycles. The van der Waals surface area contributed by atoms with Crippen molar-refractivity contribution in [2.45, 2.75) is 38.2 Å². The van der Waals surface area contributed by atoms with Crippen molar-refractivity contribution < 1.29 is 13.9 Å². The maximum absolute atomic E-state index is 12.8. The number of nitrogens with zero attached hydrogens (tertiary/aromatic N) is 1. The summed E-state index contributed by atoms with van der Waals surface area (Å²) in [6, 6.07) is 6.30. The van der Waals surface area contributed by atoms with Crippen molar-refractivity contribution in [2.75, 3.05) is 26.7 Å². The number of amides is 2. The van der Waals surface area contributed by atoms with Crippen LogP contribution in [-0.4, -0.2) is 43.8 Å². The van der Waals surface area contributed by atoms with Gasteiger partial charge in [-0.05, 0) is 49.8 Å². The average molecular weight is 308 g/mol. The number of hydrogen-bond acceptors (Lipinski definition) is 2. The molecule has 1 saturated heterocycles. The Morgan fingerprint density at radius 1 is 1.41 bits per heavy atom. The Balaban J connectivity index is 1.58. The fraction of sp³-hybridized carbons (Fsp3) is 0.588. The van der Waals surface area contributed by atoms with Gasteiger partial charge in [0.15, 0.2) is 0 Å². The summed E-state index contributed by atoms with van der Waals surface area (Å²) >= 11 is 0. The highest BCUT2D eigenvalue weighted by Gasteiger charge is 2.15. The van der Waals surface area contributed by atoms with Crippen molar-refractivity contribution in [3.63, 3.8) is 0 Å². The second-order valence-electron chi connectivity index (χ2n) is 5.81. The summed E-state index contributed by atoms with van der Waals surface area (Å²) in [5, 5.41) is 2.89. The zero-order valence-corrected chi connectivity index (χ0v) is 13.2. The standard InChI is InChI=1S/C17H25FN2O2/c1-20(12-2-4-16-5-3-13-22-16)17(21)19-11-10-14-6-8-15(18)9-7-14/h6-9,16H,2-5,10-13H2,1H3,(H,19,21)/t16-/m0/s1. The third-order valence-electron chi connectivity index (χ3n) is 3.99. The van der Waals surface area contributed by atoms with Crippen molar-refractivity contribution in [3.8, 4) is 0 Å². The number of carbonyl (C=O) groups is 1. The van der Waals surface area contributed by atoms with E-state index in [9.17, 15) is 9.18 Å². The van der Waals surface area contributed by atoms with Gasteiger partial charge in [-0.1, -0.05) is 12.1 Å². The molecule has 1 fully saturated rings. The van der Waals surface area contributed by atoms with Gasteiger partial charge in [0.25, 0.3) is 0 Å². The van der Waals surface area contributed by atoms with E-state index >= 15 is 0 Å². The minimum absolute atomic E-state index is 0.0607. The molecule has 1 N–H and O–H groups in total. The van der Waals surface area contributed by atoms with Gasteiger partial charge in [0.05, 0.1) is 6.10 Å². The summed E-state index contributed by atoms with van der Waals surface area (Å²) in [5.41, 5.74) is 1.02. The van der Waals surface area contributed by atoms with Crippen LogP contribution in [0.5, 0.6) is 0 Å². The van der Waals surface area contributed by atoms with Gasteiger partial charge in [-0.2, -0.15) is 0 Å². The first kappa shape index (κ1) is 16.7. The molecule has 0 unspecified atom stereocenters. The highest BCUT2D eigenvalue weighted by atomic mass is 19.1. The molecule has 22 heavy (non-hydrogen) atoms. The normalized spacial score (nSPS) is 17.5. The predicted molar refractivity (Wildman–Crippen MR) is 84.3 cm³/mol. The molecule has 1 aromatic carbocycles. The van der Waals surface area contributed by atoms with E-state index in [-0.39, 0.29) is 11.8 Å². The van der Waals surface area contributed by atoms with Crippen LogP contribution in [0.3, 0.4) is 0 Å². The molecule has 1 aromatic rings. The van der Waals surface area contributed by atoms with Gasteiger partial charge < -0.3 is 15.0 Å². The molecule has 0 radical (unpaired) electrons. The smallest absolute Gasteiger partial charge is 0.317 e. The van der Waals surface area contributed by atoms with Gasteiger partial charge in [0, 0.05) is 26.7 Å². The van der Waals surface area contributed by atoms with E-state index in [0.717, 1.165) is 44.4 Å². The summed E-state index contributed by atoms with van der Waals surface area (Å²) in [5.74, 6) is -0.237. The number of ether oxygens (including phenoxy) is 1. The van der Waals surface area contributed by atoms with Crippen LogP contribution in [0.4, 0.5) is 9.18 Å². The molecule has 2 rings (SSSR count). The van der Waals surface area contributed by atoms with Gasteiger partial charge in [-0.15, -0.1) is 0 Å². The number of urea groups is 1. The second kappa shape index (κ2) is 8.73. The van der Waals surface area contributed by atoms with Crippen LogP contribution < -0.4 is 5.32 Å². The van der Waals surface area contributed by atoms with Gasteiger partial charge in [0.2, 0.25) is 0 Å². The SMILES string of the molecule is CN(CCC[C@H]1CCCO1)C(=O)NCCc1ccc(F)cc1. The lowest BCUT2D eigenvalue weighted by atomic mass is 10.1. The number of benzene rings is 1. The number of rotatable bonds is 7. The zero-order valence-electron chi connectivity index (χ0n) is 13.2. The maximum Gasteiger partial charge on any atom is 0.317 e. The van der Waals surface area contributed by atoms with Crippen LogP contribution in [-0.2, 0) is 11.2 Å². The fourth-order valence-corrected chi connectivity index (χ4v) is 2.63. The quantitative estimate of drug-likeness (QED) is 0.841. The van der Waals surface area contributed by atoms with E-state index in [4.69, 9.17) is 4.74 Å². The van der Waals surface area contributed by atoms with Crippen molar-refractivity contribution >= 4 is 6.03 Å². The molecular formula is C17H25FN2O2. The van der Waals surface area contributed by atoms with E-state index in [0.29, 0.717) is 19.1 Å². The van der Waals surface area contributed by atoms with Crippen LogP contribution in [0.1, 0.15) is 31.2 Å². The van der Waals surface area contributed by atoms with E-state index < -0.39 is 0 Å². The Labute approximate surface area is 131 Å². The number of halogens is 1. The maximum atomic E-state index is 12.8. The van der Waals surface area contributed by atoms with Crippen molar-refractivity contribution in [1.29, 1.82) is 0 Å². The molecule has 1 atom stereocenters. The molecule has 1 aliphatic rings. The molecule has 5 heteroatoms. The van der Waals surface area contributed by atoms with E-state index in [1.54, 1.807) is 17.0 Å². The highest BCUT2D eigenvalue weighted by Crippen LogP contribution is 2.16.